The zero-order valence-electron chi connectivity index (χ0n) is 18.3. The first kappa shape index (κ1) is 20.4. The summed E-state index contributed by atoms with van der Waals surface area (Å²) in [6, 6.07) is 12.2. The minimum atomic E-state index is 0.840. The first-order chi connectivity index (χ1) is 15.7. The van der Waals surface area contributed by atoms with E-state index in [-0.39, 0.29) is 0 Å². The number of hydrogen-bond acceptors (Lipinski definition) is 7. The predicted molar refractivity (Wildman–Crippen MR) is 129 cm³/mol. The van der Waals surface area contributed by atoms with E-state index < -0.39 is 0 Å². The number of aromatic nitrogens is 4. The van der Waals surface area contributed by atoms with Gasteiger partial charge in [0, 0.05) is 24.4 Å². The molecule has 0 amide bonds. The van der Waals surface area contributed by atoms with E-state index in [1.54, 1.807) is 17.6 Å². The molecule has 32 heavy (non-hydrogen) atoms. The number of nitrogens with one attached hydrogen (secondary N) is 1. The van der Waals surface area contributed by atoms with Crippen molar-refractivity contribution < 1.29 is 4.84 Å². The molecule has 5 rings (SSSR count). The van der Waals surface area contributed by atoms with Crippen LogP contribution in [0.4, 0.5) is 5.82 Å². The van der Waals surface area contributed by atoms with E-state index >= 15 is 0 Å². The topological polar surface area (TPSA) is 77.2 Å². The first-order valence-corrected chi connectivity index (χ1v) is 11.5. The van der Waals surface area contributed by atoms with E-state index in [1.807, 2.05) is 31.4 Å². The van der Waals surface area contributed by atoms with E-state index in [2.05, 4.69) is 45.3 Å². The molecule has 0 atom stereocenters. The Bertz CT molecular complexity index is 1270. The quantitative estimate of drug-likeness (QED) is 0.343. The normalized spacial score (nSPS) is 12.6. The van der Waals surface area contributed by atoms with Gasteiger partial charge in [-0.05, 0) is 49.1 Å². The van der Waals surface area contributed by atoms with Gasteiger partial charge in [0.2, 0.25) is 0 Å². The lowest BCUT2D eigenvalue weighted by atomic mass is 9.95. The van der Waals surface area contributed by atoms with E-state index in [4.69, 9.17) is 14.9 Å². The highest BCUT2D eigenvalue weighted by Gasteiger charge is 2.29. The van der Waals surface area contributed by atoms with Crippen molar-refractivity contribution in [3.05, 3.63) is 64.4 Å². The Labute approximate surface area is 190 Å². The molecule has 0 unspecified atom stereocenters. The van der Waals surface area contributed by atoms with Gasteiger partial charge < -0.3 is 10.2 Å². The molecule has 0 aliphatic heterocycles. The fourth-order valence-electron chi connectivity index (χ4n) is 3.99. The van der Waals surface area contributed by atoms with Crippen LogP contribution in [0.5, 0.6) is 0 Å². The van der Waals surface area contributed by atoms with Crippen LogP contribution in [0.1, 0.15) is 28.8 Å². The molecule has 7 nitrogen and oxygen atoms in total. The summed E-state index contributed by atoms with van der Waals surface area (Å²) in [6.07, 6.45) is 6.38. The lowest BCUT2D eigenvalue weighted by Crippen LogP contribution is -2.06. The molecule has 4 aromatic rings. The zero-order valence-corrected chi connectivity index (χ0v) is 19.1. The molecule has 1 N–H and O–H groups in total. The lowest BCUT2D eigenvalue weighted by molar-refractivity contribution is 0.215. The Morgan fingerprint density at radius 2 is 2.03 bits per heavy atom. The second-order valence-corrected chi connectivity index (χ2v) is 8.60. The number of rotatable bonds is 6. The summed E-state index contributed by atoms with van der Waals surface area (Å²) in [6.45, 7) is 2.16. The van der Waals surface area contributed by atoms with Crippen LogP contribution in [-0.2, 0) is 24.1 Å². The molecule has 1 aromatic carbocycles. The molecule has 0 bridgehead atoms. The van der Waals surface area contributed by atoms with Gasteiger partial charge in [0.25, 0.3) is 0 Å². The molecular formula is C24H24N6OS. The average Bonchev–Trinajstić information content (AvgIpc) is 3.44. The van der Waals surface area contributed by atoms with Gasteiger partial charge in [-0.3, -0.25) is 0 Å². The van der Waals surface area contributed by atoms with Gasteiger partial charge in [-0.15, -0.1) is 11.3 Å². The van der Waals surface area contributed by atoms with Crippen molar-refractivity contribution in [2.24, 2.45) is 5.16 Å². The third kappa shape index (κ3) is 3.56. The van der Waals surface area contributed by atoms with Crippen LogP contribution in [0, 0.1) is 0 Å². The molecule has 8 heteroatoms. The van der Waals surface area contributed by atoms with Crippen molar-refractivity contribution in [1.29, 1.82) is 0 Å². The third-order valence-corrected chi connectivity index (χ3v) is 6.84. The van der Waals surface area contributed by atoms with Crippen LogP contribution in [0.15, 0.2) is 47.8 Å². The highest BCUT2D eigenvalue weighted by Crippen LogP contribution is 2.43. The van der Waals surface area contributed by atoms with Crippen LogP contribution in [0.3, 0.4) is 0 Å². The van der Waals surface area contributed by atoms with E-state index in [1.165, 1.54) is 28.3 Å². The van der Waals surface area contributed by atoms with E-state index in [9.17, 15) is 0 Å². The van der Waals surface area contributed by atoms with Crippen molar-refractivity contribution in [2.75, 3.05) is 19.5 Å². The van der Waals surface area contributed by atoms with Crippen LogP contribution >= 0.6 is 11.3 Å². The Hall–Kier alpha value is -3.52. The summed E-state index contributed by atoms with van der Waals surface area (Å²) < 4.78 is 2.06. The van der Waals surface area contributed by atoms with Crippen LogP contribution in [-0.4, -0.2) is 40.1 Å². The lowest BCUT2D eigenvalue weighted by Gasteiger charge is -2.14. The van der Waals surface area contributed by atoms with Crippen molar-refractivity contribution >= 4 is 23.4 Å². The van der Waals surface area contributed by atoms with Crippen molar-refractivity contribution in [1.82, 2.24) is 19.7 Å². The van der Waals surface area contributed by atoms with Gasteiger partial charge in [-0.2, -0.15) is 5.10 Å². The molecule has 1 aliphatic rings. The summed E-state index contributed by atoms with van der Waals surface area (Å²) in [4.78, 5) is 15.4. The highest BCUT2D eigenvalue weighted by atomic mass is 32.1. The number of aryl methyl sites for hydroxylation is 2. The number of hydrogen-bond donors (Lipinski definition) is 1. The number of anilines is 1. The minimum Gasteiger partial charge on any atom is -0.399 e. The summed E-state index contributed by atoms with van der Waals surface area (Å²) in [5.41, 5.74) is 7.56. The molecule has 0 saturated heterocycles. The van der Waals surface area contributed by atoms with Crippen molar-refractivity contribution in [3.63, 3.8) is 0 Å². The molecule has 0 fully saturated rings. The maximum Gasteiger partial charge on any atom is 0.125 e. The molecular weight excluding hydrogens is 420 g/mol. The number of thiazole rings is 1. The molecule has 3 aromatic heterocycles. The Kier molecular flexibility index (Phi) is 5.45. The standard InChI is InChI=1S/C24H24N6OS/c1-4-21-28-19-11-10-18-22(16-7-12-20(25-2)26-14-16)29-30(23(18)24(19)32-21)17-8-5-15(6-9-17)13-27-31-3/h5-9,12-14H,4,10-11H2,1-3H3,(H,25,26)/b27-13+. The second kappa shape index (κ2) is 8.55. The SMILES string of the molecule is CCc1nc2c(s1)-c1c(c(-c3ccc(NC)nc3)nn1-c1ccc(/C=N/OC)cc1)CC2. The minimum absolute atomic E-state index is 0.840. The summed E-state index contributed by atoms with van der Waals surface area (Å²) in [7, 11) is 3.41. The van der Waals surface area contributed by atoms with Gasteiger partial charge in [0.1, 0.15) is 12.9 Å². The zero-order chi connectivity index (χ0) is 22.1. The fraction of sp³-hybridized carbons (Fsp3) is 0.250. The molecule has 1 aliphatic carbocycles. The summed E-state index contributed by atoms with van der Waals surface area (Å²) in [5.74, 6) is 0.840. The number of fused-ring (bicyclic) bond motifs is 3. The van der Waals surface area contributed by atoms with Gasteiger partial charge in [-0.1, -0.05) is 24.2 Å². The van der Waals surface area contributed by atoms with Gasteiger partial charge >= 0.3 is 0 Å². The number of pyridine rings is 1. The fourth-order valence-corrected chi connectivity index (χ4v) is 5.09. The molecule has 3 heterocycles. The third-order valence-electron chi connectivity index (χ3n) is 5.59. The molecule has 162 valence electrons. The highest BCUT2D eigenvalue weighted by molar-refractivity contribution is 7.15. The smallest absolute Gasteiger partial charge is 0.125 e. The molecule has 0 saturated carbocycles. The predicted octanol–water partition coefficient (Wildman–Crippen LogP) is 4.74. The first-order valence-electron chi connectivity index (χ1n) is 10.6. The largest absolute Gasteiger partial charge is 0.399 e. The monoisotopic (exact) mass is 444 g/mol. The van der Waals surface area contributed by atoms with Crippen LogP contribution < -0.4 is 5.32 Å². The summed E-state index contributed by atoms with van der Waals surface area (Å²) in [5, 5.41) is 13.2. The number of oxime groups is 1. The van der Waals surface area contributed by atoms with Crippen molar-refractivity contribution in [3.8, 4) is 27.5 Å². The maximum atomic E-state index is 5.09. The van der Waals surface area contributed by atoms with E-state index in [0.717, 1.165) is 53.3 Å². The second-order valence-electron chi connectivity index (χ2n) is 7.52. The van der Waals surface area contributed by atoms with Crippen LogP contribution in [0.2, 0.25) is 0 Å². The van der Waals surface area contributed by atoms with Crippen LogP contribution in [0.25, 0.3) is 27.5 Å². The number of benzene rings is 1. The number of nitrogens with zero attached hydrogens (tertiary/aromatic N) is 5. The van der Waals surface area contributed by atoms with Gasteiger partial charge in [0.15, 0.2) is 0 Å². The Balaban J connectivity index is 1.67. The van der Waals surface area contributed by atoms with Gasteiger partial charge in [-0.25, -0.2) is 14.6 Å². The average molecular weight is 445 g/mol. The van der Waals surface area contributed by atoms with Crippen molar-refractivity contribution in [2.45, 2.75) is 26.2 Å². The molecule has 0 spiro atoms. The van der Waals surface area contributed by atoms with E-state index in [0.29, 0.717) is 0 Å². The Morgan fingerprint density at radius 1 is 1.19 bits per heavy atom. The maximum absolute atomic E-state index is 5.09. The molecule has 0 radical (unpaired) electrons. The summed E-state index contributed by atoms with van der Waals surface area (Å²) >= 11 is 1.78. The Morgan fingerprint density at radius 3 is 2.72 bits per heavy atom. The van der Waals surface area contributed by atoms with Gasteiger partial charge in [0.05, 0.1) is 38.9 Å².